The summed E-state index contributed by atoms with van der Waals surface area (Å²) >= 11 is 0. The first-order valence-corrected chi connectivity index (χ1v) is 9.69. The van der Waals surface area contributed by atoms with Crippen LogP contribution in [0.15, 0.2) is 71.5 Å². The molecule has 158 valence electrons. The lowest BCUT2D eigenvalue weighted by Crippen LogP contribution is -2.23. The molecule has 0 fully saturated rings. The van der Waals surface area contributed by atoms with Crippen molar-refractivity contribution in [2.24, 2.45) is 0 Å². The quantitative estimate of drug-likeness (QED) is 0.456. The fourth-order valence-corrected chi connectivity index (χ4v) is 3.46. The number of rotatable bonds is 4. The number of aromatic nitrogens is 4. The molecule has 2 heterocycles. The summed E-state index contributed by atoms with van der Waals surface area (Å²) in [5.41, 5.74) is 2.27. The second-order valence-electron chi connectivity index (χ2n) is 7.18. The third-order valence-electron chi connectivity index (χ3n) is 5.11. The molecule has 2 N–H and O–H groups in total. The van der Waals surface area contributed by atoms with Crippen LogP contribution in [0.3, 0.4) is 0 Å². The largest absolute Gasteiger partial charge is 0.348 e. The molecule has 0 aliphatic rings. The predicted octanol–water partition coefficient (Wildman–Crippen LogP) is 3.45. The van der Waals surface area contributed by atoms with Crippen LogP contribution in [0.1, 0.15) is 15.9 Å². The molecule has 0 unspecified atom stereocenters. The Morgan fingerprint density at radius 3 is 2.38 bits per heavy atom. The number of hydrogen-bond donors (Lipinski definition) is 2. The van der Waals surface area contributed by atoms with Gasteiger partial charge in [0.2, 0.25) is 0 Å². The highest BCUT2D eigenvalue weighted by Gasteiger charge is 2.16. The molecular formula is C23H15F2N5O2. The summed E-state index contributed by atoms with van der Waals surface area (Å²) in [5.74, 6) is -1.09. The van der Waals surface area contributed by atoms with Crippen LogP contribution in [0.2, 0.25) is 0 Å². The number of carbonyl (C=O) groups excluding carboxylic acids is 1. The third-order valence-corrected chi connectivity index (χ3v) is 5.11. The number of H-pyrrole nitrogens is 1. The van der Waals surface area contributed by atoms with E-state index < -0.39 is 5.56 Å². The first kappa shape index (κ1) is 19.6. The third kappa shape index (κ3) is 3.49. The zero-order valence-electron chi connectivity index (χ0n) is 16.5. The molecule has 32 heavy (non-hydrogen) atoms. The van der Waals surface area contributed by atoms with Crippen molar-refractivity contribution in [3.05, 3.63) is 99.8 Å². The van der Waals surface area contributed by atoms with Gasteiger partial charge < -0.3 is 5.32 Å². The summed E-state index contributed by atoms with van der Waals surface area (Å²) in [6.07, 6.45) is 0. The van der Waals surface area contributed by atoms with Crippen LogP contribution in [0.5, 0.6) is 0 Å². The second kappa shape index (κ2) is 7.69. The van der Waals surface area contributed by atoms with Gasteiger partial charge in [0, 0.05) is 17.7 Å². The molecule has 2 aromatic heterocycles. The zero-order chi connectivity index (χ0) is 22.2. The van der Waals surface area contributed by atoms with Gasteiger partial charge in [-0.2, -0.15) is 10.1 Å². The Morgan fingerprint density at radius 2 is 1.66 bits per heavy atom. The van der Waals surface area contributed by atoms with E-state index in [0.717, 1.165) is 5.56 Å². The monoisotopic (exact) mass is 431 g/mol. The Hall–Kier alpha value is -4.40. The van der Waals surface area contributed by atoms with Gasteiger partial charge in [0.05, 0.1) is 10.9 Å². The number of aromatic amines is 1. The number of benzene rings is 3. The highest BCUT2D eigenvalue weighted by molar-refractivity contribution is 5.98. The van der Waals surface area contributed by atoms with Crippen molar-refractivity contribution in [1.29, 1.82) is 0 Å². The number of fused-ring (bicyclic) bond motifs is 3. The van der Waals surface area contributed by atoms with Gasteiger partial charge in [0.15, 0.2) is 5.65 Å². The Balaban J connectivity index is 1.52. The topological polar surface area (TPSA) is 92.2 Å². The first-order valence-electron chi connectivity index (χ1n) is 9.69. The summed E-state index contributed by atoms with van der Waals surface area (Å²) in [6, 6.07) is 16.1. The first-order chi connectivity index (χ1) is 15.5. The normalized spacial score (nSPS) is 11.2. The van der Waals surface area contributed by atoms with E-state index in [4.69, 9.17) is 0 Å². The van der Waals surface area contributed by atoms with E-state index in [2.05, 4.69) is 20.6 Å². The maximum absolute atomic E-state index is 13.3. The Bertz CT molecular complexity index is 1520. The minimum atomic E-state index is -0.469. The molecule has 0 aliphatic heterocycles. The lowest BCUT2D eigenvalue weighted by Gasteiger charge is -2.07. The molecule has 3 aromatic carbocycles. The van der Waals surface area contributed by atoms with E-state index in [1.807, 2.05) is 0 Å². The van der Waals surface area contributed by atoms with Crippen LogP contribution in [0, 0.1) is 11.6 Å². The van der Waals surface area contributed by atoms with Gasteiger partial charge >= 0.3 is 0 Å². The fraction of sp³-hybridized carbons (Fsp3) is 0.0435. The summed E-state index contributed by atoms with van der Waals surface area (Å²) in [7, 11) is 0. The van der Waals surface area contributed by atoms with Crippen molar-refractivity contribution in [1.82, 2.24) is 25.1 Å². The molecule has 5 aromatic rings. The summed E-state index contributed by atoms with van der Waals surface area (Å²) in [4.78, 5) is 29.4. The van der Waals surface area contributed by atoms with E-state index in [9.17, 15) is 18.4 Å². The molecule has 0 spiro atoms. The van der Waals surface area contributed by atoms with E-state index in [0.29, 0.717) is 27.7 Å². The number of amides is 1. The van der Waals surface area contributed by atoms with Crippen molar-refractivity contribution in [3.63, 3.8) is 0 Å². The van der Waals surface area contributed by atoms with Crippen LogP contribution >= 0.6 is 0 Å². The minimum absolute atomic E-state index is 0.224. The summed E-state index contributed by atoms with van der Waals surface area (Å²) in [5, 5.41) is 10.1. The van der Waals surface area contributed by atoms with E-state index in [-0.39, 0.29) is 29.7 Å². The average molecular weight is 431 g/mol. The highest BCUT2D eigenvalue weighted by atomic mass is 19.1. The standard InChI is InChI=1S/C23H15F2N5O2/c24-16-6-1-13(2-7-16)12-26-22(31)15-5-10-18-19(11-15)30-21(27-23(18)32)20(28-29-30)14-3-8-17(25)9-4-14/h1-11,29H,12H2,(H,26,31). The Morgan fingerprint density at radius 1 is 0.969 bits per heavy atom. The smallest absolute Gasteiger partial charge is 0.281 e. The van der Waals surface area contributed by atoms with Gasteiger partial charge in [-0.1, -0.05) is 12.1 Å². The molecule has 0 radical (unpaired) electrons. The van der Waals surface area contributed by atoms with Crippen LogP contribution in [0.25, 0.3) is 27.8 Å². The highest BCUT2D eigenvalue weighted by Crippen LogP contribution is 2.23. The van der Waals surface area contributed by atoms with Crippen LogP contribution in [-0.2, 0) is 6.54 Å². The maximum Gasteiger partial charge on any atom is 0.281 e. The zero-order valence-corrected chi connectivity index (χ0v) is 16.5. The molecule has 0 saturated carbocycles. The van der Waals surface area contributed by atoms with Crippen molar-refractivity contribution in [3.8, 4) is 11.3 Å². The van der Waals surface area contributed by atoms with E-state index in [1.54, 1.807) is 30.3 Å². The number of nitrogens with zero attached hydrogens (tertiary/aromatic N) is 3. The molecular weight excluding hydrogens is 416 g/mol. The van der Waals surface area contributed by atoms with Crippen LogP contribution in [0.4, 0.5) is 8.78 Å². The lowest BCUT2D eigenvalue weighted by atomic mass is 10.1. The lowest BCUT2D eigenvalue weighted by molar-refractivity contribution is 0.0951. The molecule has 9 heteroatoms. The SMILES string of the molecule is O=C(NCc1ccc(F)cc1)c1ccc2c(=O)nc3c(-c4ccc(F)cc4)n[nH]n3c2c1. The number of nitrogens with one attached hydrogen (secondary N) is 2. The summed E-state index contributed by atoms with van der Waals surface area (Å²) < 4.78 is 27.8. The van der Waals surface area contributed by atoms with Gasteiger partial charge in [0.25, 0.3) is 11.5 Å². The van der Waals surface area contributed by atoms with E-state index >= 15 is 0 Å². The van der Waals surface area contributed by atoms with Gasteiger partial charge in [-0.3, -0.25) is 9.59 Å². The second-order valence-corrected chi connectivity index (χ2v) is 7.18. The molecule has 0 atom stereocenters. The van der Waals surface area contributed by atoms with Gasteiger partial charge in [-0.25, -0.2) is 18.5 Å². The van der Waals surface area contributed by atoms with E-state index in [1.165, 1.54) is 40.9 Å². The number of hydrogen-bond acceptors (Lipinski definition) is 4. The van der Waals surface area contributed by atoms with Gasteiger partial charge in [-0.15, -0.1) is 0 Å². The molecule has 0 saturated heterocycles. The van der Waals surface area contributed by atoms with Crippen LogP contribution < -0.4 is 10.9 Å². The van der Waals surface area contributed by atoms with Crippen molar-refractivity contribution in [2.75, 3.05) is 0 Å². The van der Waals surface area contributed by atoms with Crippen molar-refractivity contribution in [2.45, 2.75) is 6.54 Å². The molecule has 0 bridgehead atoms. The number of halogens is 2. The van der Waals surface area contributed by atoms with Crippen molar-refractivity contribution >= 4 is 22.5 Å². The average Bonchev–Trinajstić information content (AvgIpc) is 3.22. The fourth-order valence-electron chi connectivity index (χ4n) is 3.46. The molecule has 1 amide bonds. The molecule has 0 aliphatic carbocycles. The minimum Gasteiger partial charge on any atom is -0.348 e. The predicted molar refractivity (Wildman–Crippen MR) is 114 cm³/mol. The maximum atomic E-state index is 13.3. The Kier molecular flexibility index (Phi) is 4.70. The summed E-state index contributed by atoms with van der Waals surface area (Å²) in [6.45, 7) is 0.224. The number of carbonyl (C=O) groups is 1. The molecule has 7 nitrogen and oxygen atoms in total. The van der Waals surface area contributed by atoms with Gasteiger partial charge in [-0.05, 0) is 60.2 Å². The van der Waals surface area contributed by atoms with Crippen LogP contribution in [-0.4, -0.2) is 25.7 Å². The Labute approximate surface area is 179 Å². The van der Waals surface area contributed by atoms with Crippen molar-refractivity contribution < 1.29 is 13.6 Å². The van der Waals surface area contributed by atoms with Gasteiger partial charge in [0.1, 0.15) is 17.3 Å². The molecule has 5 rings (SSSR count).